The average Bonchev–Trinajstić information content (AvgIpc) is 3.41. The Kier molecular flexibility index (Phi) is 5.74. The van der Waals surface area contributed by atoms with Gasteiger partial charge in [0.25, 0.3) is 0 Å². The van der Waals surface area contributed by atoms with E-state index in [9.17, 15) is 10.2 Å². The van der Waals surface area contributed by atoms with Crippen molar-refractivity contribution in [3.8, 4) is 0 Å². The fourth-order valence-corrected chi connectivity index (χ4v) is 3.48. The molecule has 0 radical (unpaired) electrons. The number of imidazole rings is 2. The van der Waals surface area contributed by atoms with Crippen molar-refractivity contribution in [2.45, 2.75) is 31.0 Å². The molecule has 0 aromatic carbocycles. The maximum atomic E-state index is 9.90. The first-order valence-electron chi connectivity index (χ1n) is 9.12. The summed E-state index contributed by atoms with van der Waals surface area (Å²) in [5, 5.41) is 31.6. The van der Waals surface area contributed by atoms with Gasteiger partial charge in [0.05, 0.1) is 31.7 Å². The van der Waals surface area contributed by atoms with Crippen LogP contribution in [0.25, 0.3) is 11.2 Å². The Morgan fingerprint density at radius 3 is 2.93 bits per heavy atom. The first-order valence-corrected chi connectivity index (χ1v) is 9.52. The van der Waals surface area contributed by atoms with E-state index in [0.717, 1.165) is 0 Å². The number of rotatable bonds is 2. The maximum Gasteiger partial charge on any atom is 0.200 e. The lowest BCUT2D eigenvalue weighted by atomic mass is 10.2. The number of aromatic nitrogens is 6. The van der Waals surface area contributed by atoms with Crippen LogP contribution in [0.15, 0.2) is 17.6 Å². The highest BCUT2D eigenvalue weighted by atomic mass is 32.1. The van der Waals surface area contributed by atoms with E-state index in [2.05, 4.69) is 35.2 Å². The minimum atomic E-state index is -0.737. The second-order valence-electron chi connectivity index (χ2n) is 6.71. The molecule has 0 spiro atoms. The van der Waals surface area contributed by atoms with Crippen molar-refractivity contribution in [1.29, 1.82) is 0 Å². The third-order valence-electron chi connectivity index (χ3n) is 4.71. The van der Waals surface area contributed by atoms with Crippen LogP contribution in [0.5, 0.6) is 0 Å². The first-order chi connectivity index (χ1) is 14.5. The molecule has 0 amide bonds. The number of fused-ring (bicyclic) bond motifs is 2. The zero-order valence-electron chi connectivity index (χ0n) is 15.6. The van der Waals surface area contributed by atoms with Crippen LogP contribution in [-0.2, 0) is 4.74 Å². The third-order valence-corrected chi connectivity index (χ3v) is 5.01. The summed E-state index contributed by atoms with van der Waals surface area (Å²) in [6.07, 6.45) is 2.43. The van der Waals surface area contributed by atoms with Crippen molar-refractivity contribution in [2.75, 3.05) is 18.9 Å². The lowest BCUT2D eigenvalue weighted by molar-refractivity contribution is -0.0438. The van der Waals surface area contributed by atoms with Crippen LogP contribution in [0.2, 0.25) is 0 Å². The number of aliphatic imine (C=N–C) groups is 1. The molecular weight excluding hydrogens is 414 g/mol. The van der Waals surface area contributed by atoms with E-state index in [0.29, 0.717) is 40.3 Å². The van der Waals surface area contributed by atoms with Crippen LogP contribution < -0.4 is 11.1 Å². The van der Waals surface area contributed by atoms with Gasteiger partial charge in [0.15, 0.2) is 11.5 Å². The average molecular weight is 435 g/mol. The summed E-state index contributed by atoms with van der Waals surface area (Å²) in [7, 11) is 0. The molecular formula is C16H21N9O4S. The molecule has 5 heterocycles. The van der Waals surface area contributed by atoms with E-state index < -0.39 is 24.5 Å². The van der Waals surface area contributed by atoms with Crippen molar-refractivity contribution in [1.82, 2.24) is 34.8 Å². The molecule has 160 valence electrons. The SMILES string of the molecule is Nc1nc2nc[nH]c2c(=S)[nH]1.OC[C@H]1O[C@@H](n2cnc3c2N=CNC[C@H]3O)C[C@@H]1O. The zero-order valence-corrected chi connectivity index (χ0v) is 16.5. The smallest absolute Gasteiger partial charge is 0.200 e. The van der Waals surface area contributed by atoms with Gasteiger partial charge in [-0.2, -0.15) is 4.98 Å². The van der Waals surface area contributed by atoms with Crippen molar-refractivity contribution in [3.05, 3.63) is 23.0 Å². The number of ether oxygens (including phenoxy) is 1. The molecule has 1 saturated heterocycles. The Bertz CT molecular complexity index is 1110. The van der Waals surface area contributed by atoms with Crippen molar-refractivity contribution >= 4 is 41.5 Å². The number of nitrogens with one attached hydrogen (secondary N) is 3. The molecule has 3 aromatic heterocycles. The lowest BCUT2D eigenvalue weighted by Crippen LogP contribution is -2.24. The van der Waals surface area contributed by atoms with Crippen LogP contribution in [-0.4, -0.2) is 76.5 Å². The number of anilines is 1. The summed E-state index contributed by atoms with van der Waals surface area (Å²) in [5.41, 5.74) is 7.14. The summed E-state index contributed by atoms with van der Waals surface area (Å²) in [4.78, 5) is 21.7. The van der Waals surface area contributed by atoms with Gasteiger partial charge >= 0.3 is 0 Å². The van der Waals surface area contributed by atoms with E-state index >= 15 is 0 Å². The molecule has 3 aromatic rings. The van der Waals surface area contributed by atoms with Crippen LogP contribution in [0.4, 0.5) is 11.8 Å². The second kappa shape index (κ2) is 8.45. The molecule has 2 aliphatic rings. The van der Waals surface area contributed by atoms with Crippen molar-refractivity contribution < 1.29 is 20.1 Å². The molecule has 8 N–H and O–H groups in total. The molecule has 1 fully saturated rings. The minimum Gasteiger partial charge on any atom is -0.394 e. The number of nitrogen functional groups attached to an aromatic ring is 1. The number of H-pyrrole nitrogens is 2. The van der Waals surface area contributed by atoms with Gasteiger partial charge in [0, 0.05) is 13.0 Å². The van der Waals surface area contributed by atoms with Gasteiger partial charge in [-0.3, -0.25) is 4.57 Å². The summed E-state index contributed by atoms with van der Waals surface area (Å²) in [6.45, 7) is 0.114. The van der Waals surface area contributed by atoms with Gasteiger partial charge in [-0.25, -0.2) is 15.0 Å². The van der Waals surface area contributed by atoms with Crippen LogP contribution in [0.1, 0.15) is 24.4 Å². The molecule has 13 nitrogen and oxygen atoms in total. The minimum absolute atomic E-state index is 0.234. The van der Waals surface area contributed by atoms with E-state index in [1.807, 2.05) is 0 Å². The summed E-state index contributed by atoms with van der Waals surface area (Å²) < 4.78 is 7.76. The molecule has 2 aliphatic heterocycles. The summed E-state index contributed by atoms with van der Waals surface area (Å²) >= 11 is 4.95. The van der Waals surface area contributed by atoms with E-state index in [-0.39, 0.29) is 12.6 Å². The van der Waals surface area contributed by atoms with Crippen LogP contribution >= 0.6 is 12.2 Å². The predicted molar refractivity (Wildman–Crippen MR) is 108 cm³/mol. The Morgan fingerprint density at radius 2 is 2.17 bits per heavy atom. The van der Waals surface area contributed by atoms with Gasteiger partial charge in [0.2, 0.25) is 5.95 Å². The Hall–Kier alpha value is -2.91. The number of hydrogen-bond donors (Lipinski definition) is 7. The number of nitrogens with two attached hydrogens (primary N) is 1. The topological polar surface area (TPSA) is 196 Å². The van der Waals surface area contributed by atoms with Gasteiger partial charge in [-0.1, -0.05) is 12.2 Å². The highest BCUT2D eigenvalue weighted by Crippen LogP contribution is 2.35. The standard InChI is InChI=1S/C11H16N4O4.C5H5N5S/c16-3-8-6(17)1-9(19-8)15-5-14-10-7(18)2-12-4-13-11(10)15;6-5-9-3-2(4(11)10-5)7-1-8-3/h4-9,16-18H,1-3H2,(H,12,13);1H,(H4,6,7,8,9,10,11)/t6-,7+,8+,9+;/m0./s1. The Balaban J connectivity index is 0.000000168. The monoisotopic (exact) mass is 435 g/mol. The molecule has 14 heteroatoms. The third kappa shape index (κ3) is 3.90. The molecule has 5 rings (SSSR count). The quantitative estimate of drug-likeness (QED) is 0.256. The first kappa shape index (κ1) is 20.4. The molecule has 0 bridgehead atoms. The normalized spacial score (nSPS) is 25.3. The Morgan fingerprint density at radius 1 is 1.33 bits per heavy atom. The van der Waals surface area contributed by atoms with E-state index in [1.54, 1.807) is 4.57 Å². The van der Waals surface area contributed by atoms with E-state index in [4.69, 9.17) is 27.8 Å². The summed E-state index contributed by atoms with van der Waals surface area (Å²) in [5.74, 6) is 0.794. The number of aliphatic hydroxyl groups excluding tert-OH is 3. The number of aromatic amines is 2. The molecule has 30 heavy (non-hydrogen) atoms. The molecule has 4 atom stereocenters. The van der Waals surface area contributed by atoms with Gasteiger partial charge in [-0.05, 0) is 0 Å². The lowest BCUT2D eigenvalue weighted by Gasteiger charge is -2.14. The van der Waals surface area contributed by atoms with Crippen molar-refractivity contribution in [3.63, 3.8) is 0 Å². The maximum absolute atomic E-state index is 9.90. The zero-order chi connectivity index (χ0) is 21.3. The predicted octanol–water partition coefficient (Wildman–Crippen LogP) is -0.582. The molecule has 0 unspecified atom stereocenters. The van der Waals surface area contributed by atoms with E-state index in [1.165, 1.54) is 19.0 Å². The fourth-order valence-electron chi connectivity index (χ4n) is 3.23. The highest BCUT2D eigenvalue weighted by Gasteiger charge is 2.36. The fraction of sp³-hybridized carbons (Fsp3) is 0.438. The number of aliphatic hydroxyl groups is 3. The van der Waals surface area contributed by atoms with Gasteiger partial charge in [-0.15, -0.1) is 0 Å². The highest BCUT2D eigenvalue weighted by molar-refractivity contribution is 7.71. The summed E-state index contributed by atoms with van der Waals surface area (Å²) in [6, 6.07) is 0. The van der Waals surface area contributed by atoms with Gasteiger partial charge in [0.1, 0.15) is 34.3 Å². The Labute approximate surface area is 174 Å². The second-order valence-corrected chi connectivity index (χ2v) is 7.12. The number of hydrogen-bond acceptors (Lipinski definition) is 11. The largest absolute Gasteiger partial charge is 0.394 e. The number of β-amino-alcohol motifs (C(OH)–C–C–N with tert-alkyl or cyclic N) is 1. The number of nitrogens with zero attached hydrogens (tertiary/aromatic N) is 5. The van der Waals surface area contributed by atoms with Crippen LogP contribution in [0.3, 0.4) is 0 Å². The molecule has 0 aliphatic carbocycles. The molecule has 0 saturated carbocycles. The van der Waals surface area contributed by atoms with Crippen LogP contribution in [0, 0.1) is 4.64 Å². The van der Waals surface area contributed by atoms with Crippen molar-refractivity contribution in [2.24, 2.45) is 4.99 Å². The van der Waals surface area contributed by atoms with Gasteiger partial charge < -0.3 is 41.1 Å².